The predicted octanol–water partition coefficient (Wildman–Crippen LogP) is 2.80. The Morgan fingerprint density at radius 1 is 1.08 bits per heavy atom. The molecule has 1 amide bonds. The van der Waals surface area contributed by atoms with Gasteiger partial charge >= 0.3 is 5.97 Å². The first-order valence-electron chi connectivity index (χ1n) is 8.85. The average Bonchev–Trinajstić information content (AvgIpc) is 2.53. The van der Waals surface area contributed by atoms with Gasteiger partial charge in [0.2, 0.25) is 0 Å². The Morgan fingerprint density at radius 2 is 1.72 bits per heavy atom. The van der Waals surface area contributed by atoms with Crippen LogP contribution in [0.25, 0.3) is 0 Å². The maximum atomic E-state index is 12.1. The molecule has 0 spiro atoms. The Kier molecular flexibility index (Phi) is 11.0. The van der Waals surface area contributed by atoms with Crippen molar-refractivity contribution in [3.8, 4) is 0 Å². The van der Waals surface area contributed by atoms with Crippen LogP contribution >= 0.6 is 0 Å². The maximum Gasteiger partial charge on any atom is 0.333 e. The highest BCUT2D eigenvalue weighted by Crippen LogP contribution is 2.12. The highest BCUT2D eigenvalue weighted by Gasteiger charge is 2.27. The number of unbranched alkanes of at least 4 members (excludes halogenated alkanes) is 2. The van der Waals surface area contributed by atoms with Gasteiger partial charge in [-0.1, -0.05) is 26.8 Å². The molecule has 1 N–H and O–H groups in total. The monoisotopic (exact) mass is 355 g/mol. The summed E-state index contributed by atoms with van der Waals surface area (Å²) in [5.41, 5.74) is -0.628. The Hall–Kier alpha value is -1.69. The van der Waals surface area contributed by atoms with E-state index in [0.717, 1.165) is 19.3 Å². The van der Waals surface area contributed by atoms with Gasteiger partial charge in [-0.05, 0) is 33.6 Å². The van der Waals surface area contributed by atoms with Crippen molar-refractivity contribution < 1.29 is 23.9 Å². The number of ketones is 1. The molecule has 0 aromatic heterocycles. The normalized spacial score (nSPS) is 11.3. The molecular weight excluding hydrogens is 322 g/mol. The van der Waals surface area contributed by atoms with Gasteiger partial charge in [-0.2, -0.15) is 0 Å². The molecule has 0 atom stereocenters. The summed E-state index contributed by atoms with van der Waals surface area (Å²) in [6, 6.07) is 0. The van der Waals surface area contributed by atoms with Crippen LogP contribution in [0, 0.1) is 5.92 Å². The number of carbonyl (C=O) groups excluding carboxylic acids is 3. The molecular formula is C19H33NO5. The van der Waals surface area contributed by atoms with Crippen LogP contribution in [0.5, 0.6) is 0 Å². The Morgan fingerprint density at radius 3 is 2.28 bits per heavy atom. The topological polar surface area (TPSA) is 81.7 Å². The first-order chi connectivity index (χ1) is 11.6. The van der Waals surface area contributed by atoms with Crippen molar-refractivity contribution in [3.63, 3.8) is 0 Å². The minimum Gasteiger partial charge on any atom is -0.460 e. The molecule has 25 heavy (non-hydrogen) atoms. The molecule has 0 aromatic carbocycles. The first kappa shape index (κ1) is 23.3. The summed E-state index contributed by atoms with van der Waals surface area (Å²) in [6.45, 7) is 13.0. The lowest BCUT2D eigenvalue weighted by atomic mass is 10.0. The second-order valence-corrected chi connectivity index (χ2v) is 6.96. The van der Waals surface area contributed by atoms with Crippen LogP contribution in [-0.2, 0) is 23.9 Å². The lowest BCUT2D eigenvalue weighted by Crippen LogP contribution is -2.45. The van der Waals surface area contributed by atoms with Crippen LogP contribution in [0.4, 0.5) is 0 Å². The number of rotatable bonds is 13. The van der Waals surface area contributed by atoms with Crippen LogP contribution in [-0.4, -0.2) is 43.0 Å². The van der Waals surface area contributed by atoms with E-state index in [1.54, 1.807) is 20.8 Å². The van der Waals surface area contributed by atoms with E-state index in [4.69, 9.17) is 9.47 Å². The fourth-order valence-electron chi connectivity index (χ4n) is 1.90. The van der Waals surface area contributed by atoms with E-state index in [2.05, 4.69) is 11.9 Å². The van der Waals surface area contributed by atoms with Gasteiger partial charge in [-0.15, -0.1) is 0 Å². The molecule has 0 aliphatic carbocycles. The zero-order valence-corrected chi connectivity index (χ0v) is 16.3. The second kappa shape index (κ2) is 11.8. The number of Topliss-reactive ketones (excluding diaryl/α,β-unsaturated/α-hetero) is 1. The van der Waals surface area contributed by atoms with Crippen molar-refractivity contribution in [2.75, 3.05) is 19.8 Å². The van der Waals surface area contributed by atoms with Gasteiger partial charge in [0, 0.05) is 24.5 Å². The van der Waals surface area contributed by atoms with Crippen LogP contribution in [0.1, 0.15) is 60.3 Å². The van der Waals surface area contributed by atoms with Gasteiger partial charge in [0.15, 0.2) is 0 Å². The minimum atomic E-state index is -0.952. The summed E-state index contributed by atoms with van der Waals surface area (Å²) >= 11 is 0. The van der Waals surface area contributed by atoms with Crippen molar-refractivity contribution >= 4 is 17.7 Å². The molecule has 0 saturated heterocycles. The van der Waals surface area contributed by atoms with E-state index in [9.17, 15) is 14.4 Å². The van der Waals surface area contributed by atoms with Gasteiger partial charge in [0.05, 0.1) is 6.54 Å². The molecule has 0 aliphatic heterocycles. The van der Waals surface area contributed by atoms with Crippen molar-refractivity contribution in [2.24, 2.45) is 5.92 Å². The third-order valence-electron chi connectivity index (χ3n) is 3.69. The highest BCUT2D eigenvalue weighted by molar-refractivity contribution is 5.87. The zero-order valence-electron chi connectivity index (χ0n) is 16.3. The third-order valence-corrected chi connectivity index (χ3v) is 3.69. The van der Waals surface area contributed by atoms with E-state index < -0.39 is 11.6 Å². The lowest BCUT2D eigenvalue weighted by Gasteiger charge is -2.24. The molecule has 0 aliphatic rings. The molecule has 0 radical (unpaired) electrons. The van der Waals surface area contributed by atoms with Crippen molar-refractivity contribution in [1.29, 1.82) is 0 Å². The largest absolute Gasteiger partial charge is 0.460 e. The van der Waals surface area contributed by atoms with Gasteiger partial charge in [-0.25, -0.2) is 4.79 Å². The number of esters is 1. The van der Waals surface area contributed by atoms with Crippen molar-refractivity contribution in [3.05, 3.63) is 12.2 Å². The lowest BCUT2D eigenvalue weighted by molar-refractivity contribution is -0.144. The van der Waals surface area contributed by atoms with Crippen LogP contribution in [0.3, 0.4) is 0 Å². The summed E-state index contributed by atoms with van der Waals surface area (Å²) in [6.07, 6.45) is 3.15. The zero-order chi connectivity index (χ0) is 19.5. The maximum absolute atomic E-state index is 12.1. The molecule has 6 nitrogen and oxygen atoms in total. The molecule has 0 fully saturated rings. The van der Waals surface area contributed by atoms with Gasteiger partial charge in [0.1, 0.15) is 18.0 Å². The Labute approximate surface area is 151 Å². The van der Waals surface area contributed by atoms with E-state index in [-0.39, 0.29) is 30.8 Å². The second-order valence-electron chi connectivity index (χ2n) is 6.96. The van der Waals surface area contributed by atoms with Gasteiger partial charge < -0.3 is 14.8 Å². The number of hydrogen-bond acceptors (Lipinski definition) is 5. The van der Waals surface area contributed by atoms with Crippen LogP contribution < -0.4 is 5.32 Å². The van der Waals surface area contributed by atoms with E-state index in [0.29, 0.717) is 18.6 Å². The van der Waals surface area contributed by atoms with Crippen LogP contribution in [0.15, 0.2) is 12.2 Å². The third kappa shape index (κ3) is 10.7. The average molecular weight is 355 g/mol. The predicted molar refractivity (Wildman–Crippen MR) is 97.1 cm³/mol. The first-order valence-corrected chi connectivity index (χ1v) is 8.85. The summed E-state index contributed by atoms with van der Waals surface area (Å²) in [5, 5.41) is 2.68. The van der Waals surface area contributed by atoms with E-state index in [1.807, 2.05) is 13.8 Å². The quantitative estimate of drug-likeness (QED) is 0.312. The fourth-order valence-corrected chi connectivity index (χ4v) is 1.90. The van der Waals surface area contributed by atoms with E-state index >= 15 is 0 Å². The van der Waals surface area contributed by atoms with Crippen LogP contribution in [0.2, 0.25) is 0 Å². The molecule has 0 aromatic rings. The number of ether oxygens (including phenoxy) is 2. The molecule has 0 unspecified atom stereocenters. The van der Waals surface area contributed by atoms with Gasteiger partial charge in [0.25, 0.3) is 5.91 Å². The standard InChI is InChI=1S/C19H33NO5/c1-14(2)16(21)10-8-7-9-12-25-19(5,6)18(23)20-11-13-24-17(22)15(3)4/h14H,3,7-13H2,1-2,4-6H3,(H,20,23). The fraction of sp³-hybridized carbons (Fsp3) is 0.737. The summed E-state index contributed by atoms with van der Waals surface area (Å²) < 4.78 is 10.5. The Bertz CT molecular complexity index is 468. The number of carbonyl (C=O) groups is 3. The number of hydrogen-bond donors (Lipinski definition) is 1. The Balaban J connectivity index is 3.87. The highest BCUT2D eigenvalue weighted by atomic mass is 16.5. The molecule has 0 saturated carbocycles. The van der Waals surface area contributed by atoms with E-state index in [1.165, 1.54) is 0 Å². The minimum absolute atomic E-state index is 0.0912. The van der Waals surface area contributed by atoms with Gasteiger partial charge in [-0.3, -0.25) is 9.59 Å². The molecule has 0 rings (SSSR count). The smallest absolute Gasteiger partial charge is 0.333 e. The molecule has 6 heteroatoms. The number of amides is 1. The van der Waals surface area contributed by atoms with Crippen molar-refractivity contribution in [1.82, 2.24) is 5.32 Å². The SMILES string of the molecule is C=C(C)C(=O)OCCNC(=O)C(C)(C)OCCCCCC(=O)C(C)C. The van der Waals surface area contributed by atoms with Crippen molar-refractivity contribution in [2.45, 2.75) is 65.9 Å². The summed E-state index contributed by atoms with van der Waals surface area (Å²) in [7, 11) is 0. The molecule has 144 valence electrons. The number of nitrogens with one attached hydrogen (secondary N) is 1. The molecule has 0 heterocycles. The summed E-state index contributed by atoms with van der Waals surface area (Å²) in [5.74, 6) is -0.351. The summed E-state index contributed by atoms with van der Waals surface area (Å²) in [4.78, 5) is 34.8. The molecule has 0 bridgehead atoms.